The maximum absolute atomic E-state index is 12.3. The van der Waals surface area contributed by atoms with E-state index in [2.05, 4.69) is 24.4 Å². The molecular formula is C17H24N2O2. The van der Waals surface area contributed by atoms with Crippen LogP contribution in [0.4, 0.5) is 10.5 Å². The number of hydrogen-bond donors (Lipinski definition) is 2. The van der Waals surface area contributed by atoms with Crippen LogP contribution in [0.15, 0.2) is 30.4 Å². The number of unbranched alkanes of at least 4 members (excludes halogenated alkanes) is 1. The zero-order valence-electron chi connectivity index (χ0n) is 12.6. The maximum Gasteiger partial charge on any atom is 0.321 e. The lowest BCUT2D eigenvalue weighted by Gasteiger charge is -2.20. The third-order valence-electron chi connectivity index (χ3n) is 3.74. The predicted molar refractivity (Wildman–Crippen MR) is 85.7 cm³/mol. The van der Waals surface area contributed by atoms with E-state index in [1.807, 2.05) is 17.0 Å². The summed E-state index contributed by atoms with van der Waals surface area (Å²) in [5.41, 5.74) is 3.42. The second-order valence-corrected chi connectivity index (χ2v) is 5.27. The standard InChI is InChI=1S/C17H24N2O2/c1-2-3-11-18-17(21)19-12-10-15-9-6-8-14(16(15)19)7-4-5-13-20/h4-6,8-9,20H,2-3,7,10-13H2,1H3,(H,18,21)/b5-4-. The Labute approximate surface area is 126 Å². The molecule has 0 aromatic heterocycles. The van der Waals surface area contributed by atoms with Crippen molar-refractivity contribution in [3.8, 4) is 0 Å². The minimum Gasteiger partial charge on any atom is -0.392 e. The van der Waals surface area contributed by atoms with Crippen LogP contribution in [-0.4, -0.2) is 30.8 Å². The molecule has 4 heteroatoms. The predicted octanol–water partition coefficient (Wildman–Crippen LogP) is 2.65. The molecule has 1 aliphatic rings. The summed E-state index contributed by atoms with van der Waals surface area (Å²) in [5, 5.41) is 11.8. The first-order chi connectivity index (χ1) is 10.3. The van der Waals surface area contributed by atoms with Gasteiger partial charge in [0.2, 0.25) is 0 Å². The molecule has 0 bridgehead atoms. The Morgan fingerprint density at radius 2 is 2.29 bits per heavy atom. The molecule has 0 aliphatic carbocycles. The molecule has 0 saturated heterocycles. The third kappa shape index (κ3) is 3.85. The molecule has 0 saturated carbocycles. The summed E-state index contributed by atoms with van der Waals surface area (Å²) in [4.78, 5) is 14.2. The summed E-state index contributed by atoms with van der Waals surface area (Å²) in [6.45, 7) is 3.64. The van der Waals surface area contributed by atoms with Gasteiger partial charge < -0.3 is 10.4 Å². The van der Waals surface area contributed by atoms with Crippen molar-refractivity contribution in [1.82, 2.24) is 5.32 Å². The van der Waals surface area contributed by atoms with Crippen molar-refractivity contribution in [2.24, 2.45) is 0 Å². The largest absolute Gasteiger partial charge is 0.392 e. The van der Waals surface area contributed by atoms with Crippen LogP contribution in [0.25, 0.3) is 0 Å². The van der Waals surface area contributed by atoms with Crippen molar-refractivity contribution in [2.75, 3.05) is 24.6 Å². The second-order valence-electron chi connectivity index (χ2n) is 5.27. The molecule has 1 heterocycles. The van der Waals surface area contributed by atoms with Crippen LogP contribution < -0.4 is 10.2 Å². The molecular weight excluding hydrogens is 264 g/mol. The maximum atomic E-state index is 12.3. The highest BCUT2D eigenvalue weighted by molar-refractivity contribution is 5.95. The van der Waals surface area contributed by atoms with E-state index in [4.69, 9.17) is 5.11 Å². The van der Waals surface area contributed by atoms with E-state index in [9.17, 15) is 4.79 Å². The van der Waals surface area contributed by atoms with Gasteiger partial charge >= 0.3 is 6.03 Å². The molecule has 114 valence electrons. The first kappa shape index (κ1) is 15.6. The number of rotatable bonds is 6. The molecule has 21 heavy (non-hydrogen) atoms. The van der Waals surface area contributed by atoms with Crippen LogP contribution in [0.3, 0.4) is 0 Å². The number of carbonyl (C=O) groups is 1. The van der Waals surface area contributed by atoms with Gasteiger partial charge in [0.15, 0.2) is 0 Å². The number of urea groups is 1. The average Bonchev–Trinajstić information content (AvgIpc) is 2.92. The number of allylic oxidation sites excluding steroid dienone is 1. The first-order valence-corrected chi connectivity index (χ1v) is 7.70. The number of para-hydroxylation sites is 1. The molecule has 0 atom stereocenters. The highest BCUT2D eigenvalue weighted by Gasteiger charge is 2.26. The Morgan fingerprint density at radius 3 is 3.05 bits per heavy atom. The third-order valence-corrected chi connectivity index (χ3v) is 3.74. The van der Waals surface area contributed by atoms with Gasteiger partial charge in [-0.05, 0) is 30.4 Å². The number of aliphatic hydroxyl groups excluding tert-OH is 1. The minimum atomic E-state index is 0.000729. The average molecular weight is 288 g/mol. The van der Waals surface area contributed by atoms with Gasteiger partial charge in [0.1, 0.15) is 0 Å². The van der Waals surface area contributed by atoms with Gasteiger partial charge in [-0.15, -0.1) is 0 Å². The monoisotopic (exact) mass is 288 g/mol. The molecule has 2 rings (SSSR count). The molecule has 2 amide bonds. The van der Waals surface area contributed by atoms with Crippen molar-refractivity contribution < 1.29 is 9.90 Å². The van der Waals surface area contributed by atoms with Crippen LogP contribution in [0.1, 0.15) is 30.9 Å². The van der Waals surface area contributed by atoms with Crippen LogP contribution in [0.5, 0.6) is 0 Å². The van der Waals surface area contributed by atoms with E-state index in [0.717, 1.165) is 50.0 Å². The molecule has 1 aromatic rings. The Hall–Kier alpha value is -1.81. The molecule has 2 N–H and O–H groups in total. The highest BCUT2D eigenvalue weighted by atomic mass is 16.2. The molecule has 4 nitrogen and oxygen atoms in total. The number of nitrogens with one attached hydrogen (secondary N) is 1. The fourth-order valence-corrected chi connectivity index (χ4v) is 2.66. The first-order valence-electron chi connectivity index (χ1n) is 7.70. The molecule has 0 unspecified atom stereocenters. The fourth-order valence-electron chi connectivity index (χ4n) is 2.66. The van der Waals surface area contributed by atoms with Gasteiger partial charge in [-0.3, -0.25) is 4.90 Å². The quantitative estimate of drug-likeness (QED) is 0.624. The van der Waals surface area contributed by atoms with Gasteiger partial charge in [-0.25, -0.2) is 4.79 Å². The van der Waals surface area contributed by atoms with E-state index in [-0.39, 0.29) is 12.6 Å². The number of carbonyl (C=O) groups excluding carboxylic acids is 1. The van der Waals surface area contributed by atoms with E-state index in [0.29, 0.717) is 0 Å². The van der Waals surface area contributed by atoms with Gasteiger partial charge in [0, 0.05) is 13.1 Å². The second kappa shape index (κ2) is 7.84. The van der Waals surface area contributed by atoms with Crippen LogP contribution in [0, 0.1) is 0 Å². The van der Waals surface area contributed by atoms with E-state index >= 15 is 0 Å². The lowest BCUT2D eigenvalue weighted by atomic mass is 10.0. The van der Waals surface area contributed by atoms with Gasteiger partial charge in [-0.2, -0.15) is 0 Å². The summed E-state index contributed by atoms with van der Waals surface area (Å²) in [5.74, 6) is 0. The van der Waals surface area contributed by atoms with E-state index < -0.39 is 0 Å². The Balaban J connectivity index is 2.13. The van der Waals surface area contributed by atoms with Crippen molar-refractivity contribution in [3.05, 3.63) is 41.5 Å². The van der Waals surface area contributed by atoms with E-state index in [1.165, 1.54) is 5.56 Å². The zero-order valence-corrected chi connectivity index (χ0v) is 12.6. The summed E-state index contributed by atoms with van der Waals surface area (Å²) in [6, 6.07) is 6.19. The zero-order chi connectivity index (χ0) is 15.1. The van der Waals surface area contributed by atoms with Crippen LogP contribution in [-0.2, 0) is 12.8 Å². The van der Waals surface area contributed by atoms with Gasteiger partial charge in [0.05, 0.1) is 12.3 Å². The van der Waals surface area contributed by atoms with Crippen molar-refractivity contribution in [1.29, 1.82) is 0 Å². The molecule has 1 aromatic carbocycles. The lowest BCUT2D eigenvalue weighted by molar-refractivity contribution is 0.246. The number of aliphatic hydroxyl groups is 1. The highest BCUT2D eigenvalue weighted by Crippen LogP contribution is 2.32. The van der Waals surface area contributed by atoms with Crippen molar-refractivity contribution in [3.63, 3.8) is 0 Å². The summed E-state index contributed by atoms with van der Waals surface area (Å²) >= 11 is 0. The normalized spacial score (nSPS) is 13.7. The van der Waals surface area contributed by atoms with Gasteiger partial charge in [-0.1, -0.05) is 43.7 Å². The number of amides is 2. The molecule has 1 aliphatic heterocycles. The molecule has 0 fully saturated rings. The summed E-state index contributed by atoms with van der Waals surface area (Å²) in [6.07, 6.45) is 7.42. The Morgan fingerprint density at radius 1 is 1.43 bits per heavy atom. The molecule has 0 spiro atoms. The van der Waals surface area contributed by atoms with Crippen molar-refractivity contribution in [2.45, 2.75) is 32.6 Å². The number of anilines is 1. The molecule has 0 radical (unpaired) electrons. The Kier molecular flexibility index (Phi) is 5.81. The number of hydrogen-bond acceptors (Lipinski definition) is 2. The lowest BCUT2D eigenvalue weighted by Crippen LogP contribution is -2.39. The number of fused-ring (bicyclic) bond motifs is 1. The topological polar surface area (TPSA) is 52.6 Å². The van der Waals surface area contributed by atoms with Crippen molar-refractivity contribution >= 4 is 11.7 Å². The number of nitrogens with zero attached hydrogens (tertiary/aromatic N) is 1. The SMILES string of the molecule is CCCCNC(=O)N1CCc2cccc(C/C=C\CO)c21. The van der Waals surface area contributed by atoms with Gasteiger partial charge in [0.25, 0.3) is 0 Å². The van der Waals surface area contributed by atoms with E-state index in [1.54, 1.807) is 6.08 Å². The Bertz CT molecular complexity index is 512. The summed E-state index contributed by atoms with van der Waals surface area (Å²) < 4.78 is 0. The fraction of sp³-hybridized carbons (Fsp3) is 0.471. The van der Waals surface area contributed by atoms with Crippen LogP contribution in [0.2, 0.25) is 0 Å². The minimum absolute atomic E-state index is 0.000729. The summed E-state index contributed by atoms with van der Waals surface area (Å²) in [7, 11) is 0. The van der Waals surface area contributed by atoms with Crippen LogP contribution >= 0.6 is 0 Å². The number of benzene rings is 1. The smallest absolute Gasteiger partial charge is 0.321 e.